The number of carboxylic acids is 1. The molecule has 5 atom stereocenters. The Morgan fingerprint density at radius 1 is 0.927 bits per heavy atom. The second-order valence-corrected chi connectivity index (χ2v) is 12.6. The molecule has 4 aliphatic rings. The fraction of sp³-hybridized carbons (Fsp3) is 0.645. The van der Waals surface area contributed by atoms with E-state index >= 15 is 0 Å². The lowest BCUT2D eigenvalue weighted by Gasteiger charge is -2.55. The van der Waals surface area contributed by atoms with Crippen molar-refractivity contribution >= 4 is 28.6 Å². The van der Waals surface area contributed by atoms with Crippen molar-refractivity contribution in [3.8, 4) is 0 Å². The molecule has 4 bridgehead atoms. The van der Waals surface area contributed by atoms with Gasteiger partial charge in [-0.2, -0.15) is 0 Å². The molecule has 3 heterocycles. The highest BCUT2D eigenvalue weighted by Gasteiger charge is 2.45. The van der Waals surface area contributed by atoms with Crippen molar-refractivity contribution in [3.05, 3.63) is 40.3 Å². The van der Waals surface area contributed by atoms with E-state index in [2.05, 4.69) is 15.0 Å². The van der Waals surface area contributed by atoms with Gasteiger partial charge in [0.1, 0.15) is 5.71 Å². The summed E-state index contributed by atoms with van der Waals surface area (Å²) in [5.41, 5.74) is 6.51. The number of primary amides is 1. The molecule has 2 saturated heterocycles. The first-order valence-electron chi connectivity index (χ1n) is 15.4. The number of piperidine rings is 2. The standard InChI is InChI=1S/C31H41N5O5/c32-28(37)18-41-34-26(11-12-29(38)39)30-31(40)36(27-10-2-1-9-25(27)33-30)24-16-21-7-4-8-22(17-24)35(21)23-14-19-5-3-6-20(13-19)15-23/h1-2,9-10,19-24H,3-8,11-18H2,(H2,32,37)(H,38,39)/t19?,20?,21-,22+,23?,24?. The van der Waals surface area contributed by atoms with E-state index in [4.69, 9.17) is 10.6 Å². The van der Waals surface area contributed by atoms with Crippen LogP contribution in [-0.2, 0) is 14.4 Å². The van der Waals surface area contributed by atoms with Crippen LogP contribution in [0.4, 0.5) is 0 Å². The largest absolute Gasteiger partial charge is 0.481 e. The number of aromatic nitrogens is 2. The van der Waals surface area contributed by atoms with Gasteiger partial charge < -0.3 is 20.2 Å². The number of nitrogens with zero attached hydrogens (tertiary/aromatic N) is 4. The topological polar surface area (TPSA) is 140 Å². The molecule has 1 aromatic heterocycles. The molecule has 4 fully saturated rings. The van der Waals surface area contributed by atoms with Gasteiger partial charge in [0.15, 0.2) is 12.3 Å². The number of hydrogen-bond acceptors (Lipinski definition) is 7. The highest BCUT2D eigenvalue weighted by molar-refractivity contribution is 6.00. The average Bonchev–Trinajstić information content (AvgIpc) is 2.93. The first-order chi connectivity index (χ1) is 19.9. The van der Waals surface area contributed by atoms with Crippen LogP contribution in [0.2, 0.25) is 0 Å². The fourth-order valence-electron chi connectivity index (χ4n) is 8.45. The highest BCUT2D eigenvalue weighted by Crippen LogP contribution is 2.47. The number of para-hydroxylation sites is 2. The summed E-state index contributed by atoms with van der Waals surface area (Å²) in [5, 5.41) is 13.3. The van der Waals surface area contributed by atoms with Crippen molar-refractivity contribution in [1.82, 2.24) is 14.5 Å². The first kappa shape index (κ1) is 27.9. The molecule has 2 aliphatic carbocycles. The number of benzene rings is 1. The molecule has 1 amide bonds. The number of carbonyl (C=O) groups is 2. The Kier molecular flexibility index (Phi) is 8.10. The lowest BCUT2D eigenvalue weighted by atomic mass is 9.68. The smallest absolute Gasteiger partial charge is 0.303 e. The zero-order chi connectivity index (χ0) is 28.5. The number of fused-ring (bicyclic) bond motifs is 5. The fourth-order valence-corrected chi connectivity index (χ4v) is 8.45. The van der Waals surface area contributed by atoms with Crippen molar-refractivity contribution in [2.75, 3.05) is 6.61 Å². The van der Waals surface area contributed by atoms with Crippen LogP contribution in [0.1, 0.15) is 95.2 Å². The van der Waals surface area contributed by atoms with E-state index in [0.29, 0.717) is 23.6 Å². The maximum absolute atomic E-state index is 14.2. The summed E-state index contributed by atoms with van der Waals surface area (Å²) in [7, 11) is 0. The third kappa shape index (κ3) is 5.89. The number of oxime groups is 1. The van der Waals surface area contributed by atoms with Gasteiger partial charge in [0.05, 0.1) is 17.5 Å². The zero-order valence-corrected chi connectivity index (χ0v) is 23.6. The van der Waals surface area contributed by atoms with Crippen molar-refractivity contribution in [1.29, 1.82) is 0 Å². The van der Waals surface area contributed by atoms with Gasteiger partial charge >= 0.3 is 5.97 Å². The predicted molar refractivity (Wildman–Crippen MR) is 155 cm³/mol. The van der Waals surface area contributed by atoms with Gasteiger partial charge in [-0.25, -0.2) is 4.98 Å². The number of carboxylic acid groups (broad SMARTS) is 1. The summed E-state index contributed by atoms with van der Waals surface area (Å²) >= 11 is 0. The van der Waals surface area contributed by atoms with Crippen molar-refractivity contribution in [2.24, 2.45) is 22.7 Å². The van der Waals surface area contributed by atoms with E-state index in [1.165, 1.54) is 44.9 Å². The molecular formula is C31H41N5O5. The lowest BCUT2D eigenvalue weighted by Crippen LogP contribution is -2.58. The second kappa shape index (κ2) is 11.9. The van der Waals surface area contributed by atoms with Gasteiger partial charge in [-0.05, 0) is 68.9 Å². The van der Waals surface area contributed by atoms with Crippen molar-refractivity contribution in [2.45, 2.75) is 108 Å². The summed E-state index contributed by atoms with van der Waals surface area (Å²) in [6.07, 6.45) is 13.3. The molecule has 41 heavy (non-hydrogen) atoms. The molecule has 220 valence electrons. The van der Waals surface area contributed by atoms with E-state index in [0.717, 1.165) is 43.0 Å². The third-order valence-electron chi connectivity index (χ3n) is 9.92. The minimum Gasteiger partial charge on any atom is -0.481 e. The van der Waals surface area contributed by atoms with Gasteiger partial charge in [-0.15, -0.1) is 0 Å². The minimum atomic E-state index is -1.03. The van der Waals surface area contributed by atoms with E-state index in [1.807, 2.05) is 28.8 Å². The Hall–Kier alpha value is -3.27. The summed E-state index contributed by atoms with van der Waals surface area (Å²) in [5.74, 6) is 0.0111. The van der Waals surface area contributed by atoms with Crippen molar-refractivity contribution in [3.63, 3.8) is 0 Å². The highest BCUT2D eigenvalue weighted by atomic mass is 16.6. The van der Waals surface area contributed by atoms with Gasteiger partial charge in [0.25, 0.3) is 11.5 Å². The maximum Gasteiger partial charge on any atom is 0.303 e. The van der Waals surface area contributed by atoms with Crippen LogP contribution in [-0.4, -0.2) is 61.9 Å². The SMILES string of the molecule is NC(=O)CON=C(CCC(=O)O)c1nc2ccccc2n(C2C[C@H]3CCC[C@@H](C2)N3C2CC3CCCC(C3)C2)c1=O. The third-order valence-corrected chi connectivity index (χ3v) is 9.92. The molecule has 10 nitrogen and oxygen atoms in total. The van der Waals surface area contributed by atoms with Crippen LogP contribution >= 0.6 is 0 Å². The Labute approximate surface area is 239 Å². The number of nitrogens with two attached hydrogens (primary N) is 1. The van der Waals surface area contributed by atoms with Crippen LogP contribution in [0.15, 0.2) is 34.2 Å². The zero-order valence-electron chi connectivity index (χ0n) is 23.6. The van der Waals surface area contributed by atoms with Gasteiger partial charge in [-0.3, -0.25) is 19.3 Å². The van der Waals surface area contributed by atoms with E-state index < -0.39 is 18.5 Å². The predicted octanol–water partition coefficient (Wildman–Crippen LogP) is 3.99. The van der Waals surface area contributed by atoms with E-state index in [9.17, 15) is 19.5 Å². The Morgan fingerprint density at radius 2 is 1.61 bits per heavy atom. The quantitative estimate of drug-likeness (QED) is 0.347. The molecule has 0 radical (unpaired) electrons. The van der Waals surface area contributed by atoms with Gasteiger partial charge in [0, 0.05) is 30.6 Å². The molecule has 6 rings (SSSR count). The molecule has 3 N–H and O–H groups in total. The summed E-state index contributed by atoms with van der Waals surface area (Å²) in [4.78, 5) is 49.4. The van der Waals surface area contributed by atoms with Crippen LogP contribution in [0.3, 0.4) is 0 Å². The minimum absolute atomic E-state index is 0.0102. The monoisotopic (exact) mass is 563 g/mol. The molecule has 2 saturated carbocycles. The average molecular weight is 564 g/mol. The van der Waals surface area contributed by atoms with Crippen LogP contribution in [0.25, 0.3) is 11.0 Å². The van der Waals surface area contributed by atoms with Crippen LogP contribution in [0, 0.1) is 11.8 Å². The number of hydrogen-bond donors (Lipinski definition) is 2. The molecule has 3 unspecified atom stereocenters. The molecular weight excluding hydrogens is 522 g/mol. The number of carbonyl (C=O) groups excluding carboxylic acids is 1. The molecule has 2 aromatic rings. The summed E-state index contributed by atoms with van der Waals surface area (Å²) in [6, 6.07) is 9.19. The van der Waals surface area contributed by atoms with E-state index in [-0.39, 0.29) is 35.8 Å². The lowest BCUT2D eigenvalue weighted by molar-refractivity contribution is -0.136. The number of amides is 1. The molecule has 0 spiro atoms. The molecule has 10 heteroatoms. The number of rotatable bonds is 9. The maximum atomic E-state index is 14.2. The first-order valence-corrected chi connectivity index (χ1v) is 15.4. The normalized spacial score (nSPS) is 30.2. The second-order valence-electron chi connectivity index (χ2n) is 12.6. The summed E-state index contributed by atoms with van der Waals surface area (Å²) < 4.78 is 1.89. The van der Waals surface area contributed by atoms with Crippen LogP contribution < -0.4 is 11.3 Å². The van der Waals surface area contributed by atoms with Gasteiger partial charge in [0.2, 0.25) is 0 Å². The Bertz CT molecular complexity index is 1360. The number of aliphatic carboxylic acids is 1. The van der Waals surface area contributed by atoms with Crippen molar-refractivity contribution < 1.29 is 19.5 Å². The van der Waals surface area contributed by atoms with Gasteiger partial charge in [-0.1, -0.05) is 43.0 Å². The van der Waals surface area contributed by atoms with E-state index in [1.54, 1.807) is 0 Å². The molecule has 1 aromatic carbocycles. The Morgan fingerprint density at radius 3 is 2.29 bits per heavy atom. The van der Waals surface area contributed by atoms with Crippen LogP contribution in [0.5, 0.6) is 0 Å². The Balaban J connectivity index is 1.34. The molecule has 2 aliphatic heterocycles. The summed E-state index contributed by atoms with van der Waals surface area (Å²) in [6.45, 7) is -0.469.